The minimum Gasteiger partial charge on any atom is -0.493 e. The Hall–Kier alpha value is -3.55. The van der Waals surface area contributed by atoms with E-state index in [2.05, 4.69) is 10.1 Å². The van der Waals surface area contributed by atoms with Crippen LogP contribution in [0.4, 0.5) is 0 Å². The largest absolute Gasteiger partial charge is 0.493 e. The number of methoxy groups -OCH3 is 3. The number of nitrogens with zero attached hydrogens (tertiary/aromatic N) is 1. The van der Waals surface area contributed by atoms with E-state index in [1.54, 1.807) is 55.5 Å². The van der Waals surface area contributed by atoms with Gasteiger partial charge in [0.25, 0.3) is 5.91 Å². The molecule has 0 saturated heterocycles. The summed E-state index contributed by atoms with van der Waals surface area (Å²) in [6.45, 7) is 0.139. The minimum absolute atomic E-state index is 0.0619. The number of esters is 1. The van der Waals surface area contributed by atoms with Crippen LogP contribution in [0.15, 0.2) is 42.5 Å². The van der Waals surface area contributed by atoms with Crippen molar-refractivity contribution in [2.24, 2.45) is 0 Å². The molecule has 0 bridgehead atoms. The van der Waals surface area contributed by atoms with Crippen molar-refractivity contribution in [1.82, 2.24) is 10.2 Å². The van der Waals surface area contributed by atoms with Crippen molar-refractivity contribution in [2.45, 2.75) is 18.4 Å². The highest BCUT2D eigenvalue weighted by molar-refractivity contribution is 6.01. The Morgan fingerprint density at radius 3 is 2.42 bits per heavy atom. The van der Waals surface area contributed by atoms with Crippen LogP contribution >= 0.6 is 0 Å². The summed E-state index contributed by atoms with van der Waals surface area (Å²) in [5.41, 5.74) is 1.85. The molecule has 2 aromatic rings. The molecule has 2 amide bonds. The molecule has 2 aromatic carbocycles. The zero-order valence-corrected chi connectivity index (χ0v) is 18.0. The highest BCUT2D eigenvalue weighted by Gasteiger charge is 2.42. The van der Waals surface area contributed by atoms with Gasteiger partial charge in [-0.3, -0.25) is 14.4 Å². The molecule has 1 N–H and O–H groups in total. The number of carbonyl (C=O) groups is 3. The molecular weight excluding hydrogens is 400 g/mol. The summed E-state index contributed by atoms with van der Waals surface area (Å²) in [7, 11) is 6.05. The van der Waals surface area contributed by atoms with Crippen LogP contribution in [-0.4, -0.2) is 57.6 Å². The van der Waals surface area contributed by atoms with Crippen LogP contribution in [0.1, 0.15) is 39.9 Å². The predicted octanol–water partition coefficient (Wildman–Crippen LogP) is 2.29. The van der Waals surface area contributed by atoms with Crippen molar-refractivity contribution < 1.29 is 28.6 Å². The van der Waals surface area contributed by atoms with Crippen molar-refractivity contribution in [1.29, 1.82) is 0 Å². The van der Waals surface area contributed by atoms with Gasteiger partial charge in [-0.05, 0) is 29.3 Å². The maximum atomic E-state index is 13.3. The molecule has 1 aliphatic rings. The average molecular weight is 426 g/mol. The first kappa shape index (κ1) is 22.1. The van der Waals surface area contributed by atoms with Crippen LogP contribution in [0.2, 0.25) is 0 Å². The molecule has 8 heteroatoms. The van der Waals surface area contributed by atoms with Gasteiger partial charge in [0.2, 0.25) is 5.91 Å². The fraction of sp³-hybridized carbons (Fsp3) is 0.348. The van der Waals surface area contributed by atoms with Crippen molar-refractivity contribution >= 4 is 17.8 Å². The lowest BCUT2D eigenvalue weighted by Crippen LogP contribution is -2.46. The maximum Gasteiger partial charge on any atom is 0.307 e. The van der Waals surface area contributed by atoms with Crippen molar-refractivity contribution in [2.75, 3.05) is 34.9 Å². The Morgan fingerprint density at radius 2 is 1.74 bits per heavy atom. The average Bonchev–Trinajstić information content (AvgIpc) is 2.80. The van der Waals surface area contributed by atoms with Gasteiger partial charge in [-0.15, -0.1) is 0 Å². The summed E-state index contributed by atoms with van der Waals surface area (Å²) in [5, 5.41) is 2.81. The normalized spacial score (nSPS) is 17.5. The van der Waals surface area contributed by atoms with Crippen LogP contribution in [0.3, 0.4) is 0 Å². The van der Waals surface area contributed by atoms with Crippen LogP contribution < -0.4 is 14.8 Å². The summed E-state index contributed by atoms with van der Waals surface area (Å²) in [5.74, 6) is -0.479. The lowest BCUT2D eigenvalue weighted by Gasteiger charge is -2.40. The Labute approximate surface area is 181 Å². The first-order chi connectivity index (χ1) is 14.9. The predicted molar refractivity (Wildman–Crippen MR) is 113 cm³/mol. The molecule has 1 heterocycles. The molecule has 0 aliphatic carbocycles. The molecule has 1 aliphatic heterocycles. The number of benzene rings is 2. The molecular formula is C23H26N2O6. The number of rotatable bonds is 7. The smallest absolute Gasteiger partial charge is 0.307 e. The minimum atomic E-state index is -0.672. The number of hydrogen-bond donors (Lipinski definition) is 1. The molecule has 0 aromatic heterocycles. The number of hydrogen-bond acceptors (Lipinski definition) is 6. The highest BCUT2D eigenvalue weighted by Crippen LogP contribution is 2.43. The summed E-state index contributed by atoms with van der Waals surface area (Å²) >= 11 is 0. The zero-order valence-electron chi connectivity index (χ0n) is 18.0. The molecule has 0 spiro atoms. The van der Waals surface area contributed by atoms with E-state index in [1.807, 2.05) is 6.07 Å². The van der Waals surface area contributed by atoms with E-state index < -0.39 is 17.9 Å². The third kappa shape index (κ3) is 4.33. The van der Waals surface area contributed by atoms with Crippen molar-refractivity contribution in [3.8, 4) is 11.5 Å². The molecule has 2 unspecified atom stereocenters. The highest BCUT2D eigenvalue weighted by atomic mass is 16.5. The Bertz CT molecular complexity index is 990. The summed E-state index contributed by atoms with van der Waals surface area (Å²) < 4.78 is 15.4. The fourth-order valence-electron chi connectivity index (χ4n) is 3.91. The molecule has 31 heavy (non-hydrogen) atoms. The van der Waals surface area contributed by atoms with Gasteiger partial charge in [-0.2, -0.15) is 0 Å². The third-order valence-electron chi connectivity index (χ3n) is 5.47. The zero-order chi connectivity index (χ0) is 22.5. The fourth-order valence-corrected chi connectivity index (χ4v) is 3.91. The van der Waals surface area contributed by atoms with E-state index in [4.69, 9.17) is 9.47 Å². The second-order valence-electron chi connectivity index (χ2n) is 7.16. The van der Waals surface area contributed by atoms with Crippen molar-refractivity contribution in [3.63, 3.8) is 0 Å². The Kier molecular flexibility index (Phi) is 6.79. The molecule has 2 atom stereocenters. The number of amides is 2. The summed E-state index contributed by atoms with van der Waals surface area (Å²) in [6.07, 6.45) is 0.0619. The Morgan fingerprint density at radius 1 is 1.03 bits per heavy atom. The van der Waals surface area contributed by atoms with E-state index >= 15 is 0 Å². The summed E-state index contributed by atoms with van der Waals surface area (Å²) in [6, 6.07) is 11.9. The lowest BCUT2D eigenvalue weighted by atomic mass is 9.79. The SMILES string of the molecule is COC(=O)CCNC(=O)C1c2ccccc2C(=O)N(C)C1c1ccc(OC)c(OC)c1. The number of fused-ring (bicyclic) bond motifs is 1. The van der Waals surface area contributed by atoms with E-state index in [-0.39, 0.29) is 24.8 Å². The lowest BCUT2D eigenvalue weighted by molar-refractivity contribution is -0.140. The quantitative estimate of drug-likeness (QED) is 0.683. The number of ether oxygens (including phenoxy) is 3. The van der Waals surface area contributed by atoms with Crippen molar-refractivity contribution in [3.05, 3.63) is 59.2 Å². The molecule has 0 fully saturated rings. The van der Waals surface area contributed by atoms with Crippen LogP contribution in [0.25, 0.3) is 0 Å². The number of nitrogens with one attached hydrogen (secondary N) is 1. The topological polar surface area (TPSA) is 94.2 Å². The van der Waals surface area contributed by atoms with Gasteiger partial charge >= 0.3 is 5.97 Å². The number of carbonyl (C=O) groups excluding carboxylic acids is 3. The van der Waals surface area contributed by atoms with Gasteiger partial charge in [0.1, 0.15) is 0 Å². The second-order valence-corrected chi connectivity index (χ2v) is 7.16. The third-order valence-corrected chi connectivity index (χ3v) is 5.47. The van der Waals surface area contributed by atoms with E-state index in [1.165, 1.54) is 14.2 Å². The molecule has 0 radical (unpaired) electrons. The first-order valence-corrected chi connectivity index (χ1v) is 9.85. The van der Waals surface area contributed by atoms with Crippen LogP contribution in [0.5, 0.6) is 11.5 Å². The van der Waals surface area contributed by atoms with E-state index in [0.717, 1.165) is 5.56 Å². The monoisotopic (exact) mass is 426 g/mol. The van der Waals surface area contributed by atoms with E-state index in [9.17, 15) is 14.4 Å². The second kappa shape index (κ2) is 9.51. The molecule has 164 valence electrons. The van der Waals surface area contributed by atoms with Gasteiger partial charge in [0.05, 0.1) is 39.7 Å². The van der Waals surface area contributed by atoms with Gasteiger partial charge in [-0.25, -0.2) is 0 Å². The summed E-state index contributed by atoms with van der Waals surface area (Å²) in [4.78, 5) is 39.3. The van der Waals surface area contributed by atoms with Crippen LogP contribution in [0, 0.1) is 0 Å². The Balaban J connectivity index is 2.03. The van der Waals surface area contributed by atoms with Gasteiger partial charge in [0, 0.05) is 19.2 Å². The van der Waals surface area contributed by atoms with Crippen LogP contribution in [-0.2, 0) is 14.3 Å². The molecule has 3 rings (SSSR count). The number of likely N-dealkylation sites (N-methyl/N-ethyl adjacent to an activating group) is 1. The van der Waals surface area contributed by atoms with Gasteiger partial charge in [0.15, 0.2) is 11.5 Å². The van der Waals surface area contributed by atoms with Gasteiger partial charge < -0.3 is 24.4 Å². The molecule has 8 nitrogen and oxygen atoms in total. The maximum absolute atomic E-state index is 13.3. The van der Waals surface area contributed by atoms with Gasteiger partial charge in [-0.1, -0.05) is 24.3 Å². The molecule has 0 saturated carbocycles. The van der Waals surface area contributed by atoms with E-state index in [0.29, 0.717) is 22.6 Å². The standard InChI is InChI=1S/C23H26N2O6/c1-25-21(14-9-10-17(29-2)18(13-14)30-3)20(22(27)24-12-11-19(26)31-4)15-7-5-6-8-16(15)23(25)28/h5-10,13,20-21H,11-12H2,1-4H3,(H,24,27). The first-order valence-electron chi connectivity index (χ1n) is 9.85.